The van der Waals surface area contributed by atoms with E-state index in [4.69, 9.17) is 11.6 Å². The fourth-order valence-electron chi connectivity index (χ4n) is 4.54. The molecule has 0 unspecified atom stereocenters. The minimum atomic E-state index is -3.79. The molecule has 1 aliphatic carbocycles. The Labute approximate surface area is 229 Å². The largest absolute Gasteiger partial charge is 0.586 e. The summed E-state index contributed by atoms with van der Waals surface area (Å²) in [6.45, 7) is -0.445. The molecule has 2 aromatic carbocycles. The van der Waals surface area contributed by atoms with Crippen molar-refractivity contribution in [3.63, 3.8) is 0 Å². The van der Waals surface area contributed by atoms with Gasteiger partial charge in [0.2, 0.25) is 5.91 Å². The number of nitrogens with zero attached hydrogens (tertiary/aromatic N) is 5. The van der Waals surface area contributed by atoms with Gasteiger partial charge in [-0.15, -0.1) is 8.78 Å². The van der Waals surface area contributed by atoms with Gasteiger partial charge in [0.25, 0.3) is 11.5 Å². The van der Waals surface area contributed by atoms with Gasteiger partial charge in [0.1, 0.15) is 23.3 Å². The van der Waals surface area contributed by atoms with Gasteiger partial charge < -0.3 is 24.3 Å². The van der Waals surface area contributed by atoms with E-state index >= 15 is 0 Å². The van der Waals surface area contributed by atoms with Gasteiger partial charge in [-0.05, 0) is 37.1 Å². The van der Waals surface area contributed by atoms with Crippen molar-refractivity contribution in [1.29, 1.82) is 0 Å². The Morgan fingerprint density at radius 2 is 1.90 bits per heavy atom. The second-order valence-corrected chi connectivity index (χ2v) is 10.0. The lowest BCUT2D eigenvalue weighted by Crippen LogP contribution is -2.39. The van der Waals surface area contributed by atoms with Crippen molar-refractivity contribution in [2.24, 2.45) is 0 Å². The Hall–Kier alpha value is -4.52. The van der Waals surface area contributed by atoms with Gasteiger partial charge in [-0.2, -0.15) is 5.10 Å². The van der Waals surface area contributed by atoms with E-state index < -0.39 is 24.3 Å². The van der Waals surface area contributed by atoms with Gasteiger partial charge in [0.15, 0.2) is 11.5 Å². The summed E-state index contributed by atoms with van der Waals surface area (Å²) < 4.78 is 37.1. The SMILES string of the molecule is CN(C)C(=O)c1cc(-c2nn(CC(=O)N(c3ccc4c(c3)OC(F)(F)O4)C3CC3)c(=O)c3[nH]cnc23)ccc1Cl. The number of nitrogens with one attached hydrogen (secondary N) is 1. The first-order valence-corrected chi connectivity index (χ1v) is 12.6. The predicted octanol–water partition coefficient (Wildman–Crippen LogP) is 3.66. The molecule has 2 amide bonds. The topological polar surface area (TPSA) is 123 Å². The zero-order chi connectivity index (χ0) is 28.3. The average Bonchev–Trinajstić information content (AvgIpc) is 3.50. The summed E-state index contributed by atoms with van der Waals surface area (Å²) in [5, 5.41) is 4.69. The zero-order valence-corrected chi connectivity index (χ0v) is 21.9. The molecule has 14 heteroatoms. The number of ether oxygens (including phenoxy) is 2. The number of imidazole rings is 1. The number of hydrogen-bond acceptors (Lipinski definition) is 7. The van der Waals surface area contributed by atoms with Crippen LogP contribution in [0, 0.1) is 0 Å². The highest BCUT2D eigenvalue weighted by Gasteiger charge is 2.44. The first kappa shape index (κ1) is 25.7. The molecule has 1 N–H and O–H groups in total. The van der Waals surface area contributed by atoms with E-state index in [1.165, 1.54) is 34.3 Å². The molecule has 3 heterocycles. The number of carbonyl (C=O) groups excluding carboxylic acids is 2. The van der Waals surface area contributed by atoms with Crippen LogP contribution in [-0.2, 0) is 11.3 Å². The van der Waals surface area contributed by atoms with E-state index in [-0.39, 0.29) is 50.8 Å². The van der Waals surface area contributed by atoms with Crippen LogP contribution >= 0.6 is 11.6 Å². The Morgan fingerprint density at radius 3 is 2.62 bits per heavy atom. The highest BCUT2D eigenvalue weighted by molar-refractivity contribution is 6.34. The van der Waals surface area contributed by atoms with Crippen LogP contribution in [0.15, 0.2) is 47.5 Å². The molecule has 11 nitrogen and oxygen atoms in total. The number of fused-ring (bicyclic) bond motifs is 2. The molecule has 0 bridgehead atoms. The number of carbonyl (C=O) groups is 2. The molecule has 0 spiro atoms. The summed E-state index contributed by atoms with van der Waals surface area (Å²) in [6, 6.07) is 8.67. The quantitative estimate of drug-likeness (QED) is 0.375. The molecule has 1 saturated carbocycles. The molecule has 0 saturated heterocycles. The number of H-pyrrole nitrogens is 1. The average molecular weight is 571 g/mol. The van der Waals surface area contributed by atoms with Gasteiger partial charge in [-0.1, -0.05) is 17.7 Å². The number of hydrogen-bond donors (Lipinski definition) is 1. The normalized spacial score (nSPS) is 15.3. The van der Waals surface area contributed by atoms with Crippen LogP contribution in [0.3, 0.4) is 0 Å². The van der Waals surface area contributed by atoms with Gasteiger partial charge in [-0.25, -0.2) is 9.67 Å². The molecule has 1 aliphatic heterocycles. The molecule has 0 radical (unpaired) electrons. The fraction of sp³-hybridized carbons (Fsp3) is 0.269. The lowest BCUT2D eigenvalue weighted by molar-refractivity contribution is -0.286. The third-order valence-corrected chi connectivity index (χ3v) is 6.87. The van der Waals surface area contributed by atoms with E-state index in [0.717, 1.165) is 4.68 Å². The van der Waals surface area contributed by atoms with E-state index in [1.54, 1.807) is 32.3 Å². The van der Waals surface area contributed by atoms with Crippen LogP contribution in [0.2, 0.25) is 5.02 Å². The Morgan fingerprint density at radius 1 is 1.15 bits per heavy atom. The second-order valence-electron chi connectivity index (χ2n) is 9.63. The van der Waals surface area contributed by atoms with E-state index in [0.29, 0.717) is 24.1 Å². The fourth-order valence-corrected chi connectivity index (χ4v) is 4.74. The standard InChI is InChI=1S/C26H21ClF2N6O5/c1-33(2)24(37)16-9-13(3-7-17(16)27)21-22-23(31-12-30-22)25(38)34(32-21)11-20(36)35(14-4-5-14)15-6-8-18-19(10-15)40-26(28,29)39-18/h3,6-10,12,14H,4-5,11H2,1-2H3,(H,30,31). The number of amides is 2. The third kappa shape index (κ3) is 4.51. The van der Waals surface area contributed by atoms with E-state index in [9.17, 15) is 23.2 Å². The molecule has 2 aromatic heterocycles. The smallest absolute Gasteiger partial charge is 0.395 e. The maximum absolute atomic E-state index is 13.6. The van der Waals surface area contributed by atoms with E-state index in [1.807, 2.05) is 0 Å². The molecule has 2 aliphatic rings. The Kier molecular flexibility index (Phi) is 5.98. The summed E-state index contributed by atoms with van der Waals surface area (Å²) in [5.41, 5.74) is 1.08. The maximum atomic E-state index is 13.6. The monoisotopic (exact) mass is 570 g/mol. The summed E-state index contributed by atoms with van der Waals surface area (Å²) in [4.78, 5) is 49.3. The summed E-state index contributed by atoms with van der Waals surface area (Å²) in [7, 11) is 3.19. The third-order valence-electron chi connectivity index (χ3n) is 6.54. The summed E-state index contributed by atoms with van der Waals surface area (Å²) in [6.07, 6.45) is -1.04. The highest BCUT2D eigenvalue weighted by Crippen LogP contribution is 2.44. The number of aromatic amines is 1. The van der Waals surface area contributed by atoms with Crippen molar-refractivity contribution in [2.75, 3.05) is 19.0 Å². The predicted molar refractivity (Wildman–Crippen MR) is 140 cm³/mol. The first-order valence-electron chi connectivity index (χ1n) is 12.2. The van der Waals surface area contributed by atoms with Crippen LogP contribution in [0.25, 0.3) is 22.3 Å². The van der Waals surface area contributed by atoms with Crippen LogP contribution in [0.4, 0.5) is 14.5 Å². The van der Waals surface area contributed by atoms with Crippen molar-refractivity contribution in [2.45, 2.75) is 31.7 Å². The van der Waals surface area contributed by atoms with Crippen LogP contribution < -0.4 is 19.9 Å². The number of aromatic nitrogens is 4. The lowest BCUT2D eigenvalue weighted by Gasteiger charge is -2.23. The number of benzene rings is 2. The van der Waals surface area contributed by atoms with Crippen molar-refractivity contribution in [1.82, 2.24) is 24.6 Å². The summed E-state index contributed by atoms with van der Waals surface area (Å²) >= 11 is 6.27. The molecule has 4 aromatic rings. The number of alkyl halides is 2. The Bertz CT molecular complexity index is 1750. The Balaban J connectivity index is 1.38. The second kappa shape index (κ2) is 9.30. The van der Waals surface area contributed by atoms with Gasteiger partial charge in [0.05, 0.1) is 16.9 Å². The molecule has 206 valence electrons. The minimum Gasteiger partial charge on any atom is -0.395 e. The zero-order valence-electron chi connectivity index (χ0n) is 21.2. The molecule has 6 rings (SSSR count). The number of halogens is 3. The summed E-state index contributed by atoms with van der Waals surface area (Å²) in [5.74, 6) is -1.13. The van der Waals surface area contributed by atoms with Crippen LogP contribution in [-0.4, -0.2) is 62.9 Å². The molecular formula is C26H21ClF2N6O5. The van der Waals surface area contributed by atoms with Crippen molar-refractivity contribution in [3.05, 3.63) is 63.7 Å². The van der Waals surface area contributed by atoms with Crippen molar-refractivity contribution < 1.29 is 27.8 Å². The molecule has 40 heavy (non-hydrogen) atoms. The molecular weight excluding hydrogens is 550 g/mol. The van der Waals surface area contributed by atoms with E-state index in [2.05, 4.69) is 24.5 Å². The van der Waals surface area contributed by atoms with Crippen LogP contribution in [0.5, 0.6) is 11.5 Å². The van der Waals surface area contributed by atoms with Gasteiger partial charge in [0, 0.05) is 37.5 Å². The van der Waals surface area contributed by atoms with Crippen molar-refractivity contribution >= 4 is 40.1 Å². The van der Waals surface area contributed by atoms with Gasteiger partial charge in [-0.3, -0.25) is 14.4 Å². The lowest BCUT2D eigenvalue weighted by atomic mass is 10.1. The maximum Gasteiger partial charge on any atom is 0.586 e. The van der Waals surface area contributed by atoms with Crippen LogP contribution in [0.1, 0.15) is 23.2 Å². The molecule has 0 atom stereocenters. The van der Waals surface area contributed by atoms with Gasteiger partial charge >= 0.3 is 6.29 Å². The highest BCUT2D eigenvalue weighted by atomic mass is 35.5. The first-order chi connectivity index (χ1) is 19.0. The number of rotatable bonds is 6. The molecule has 1 fully saturated rings. The van der Waals surface area contributed by atoms with Crippen molar-refractivity contribution in [3.8, 4) is 22.8 Å². The minimum absolute atomic E-state index is 0.122. The number of anilines is 1.